The lowest BCUT2D eigenvalue weighted by Crippen LogP contribution is -2.40. The van der Waals surface area contributed by atoms with Crippen LogP contribution in [0.5, 0.6) is 0 Å². The molecule has 1 amide bonds. The second-order valence-electron chi connectivity index (χ2n) is 7.98. The zero-order chi connectivity index (χ0) is 18.1. The van der Waals surface area contributed by atoms with Gasteiger partial charge in [0.1, 0.15) is 5.76 Å². The molecule has 1 saturated carbocycles. The molecule has 1 aliphatic heterocycles. The molecule has 0 bridgehead atoms. The van der Waals surface area contributed by atoms with Gasteiger partial charge in [0, 0.05) is 37.8 Å². The third-order valence-electron chi connectivity index (χ3n) is 6.21. The van der Waals surface area contributed by atoms with Gasteiger partial charge in [-0.25, -0.2) is 0 Å². The Kier molecular flexibility index (Phi) is 4.61. The average Bonchev–Trinajstić information content (AvgIpc) is 3.37. The molecule has 6 heteroatoms. The van der Waals surface area contributed by atoms with Crippen LogP contribution in [-0.4, -0.2) is 33.7 Å². The van der Waals surface area contributed by atoms with Crippen LogP contribution < -0.4 is 5.32 Å². The summed E-state index contributed by atoms with van der Waals surface area (Å²) in [6, 6.07) is 3.76. The number of nitrogens with one attached hydrogen (secondary N) is 1. The number of aromatic nitrogens is 2. The summed E-state index contributed by atoms with van der Waals surface area (Å²) in [7, 11) is 1.97. The maximum atomic E-state index is 12.8. The van der Waals surface area contributed by atoms with Crippen LogP contribution in [-0.2, 0) is 24.9 Å². The highest BCUT2D eigenvalue weighted by Gasteiger charge is 2.50. The zero-order valence-electron chi connectivity index (χ0n) is 15.7. The van der Waals surface area contributed by atoms with E-state index in [-0.39, 0.29) is 17.2 Å². The Morgan fingerprint density at radius 1 is 1.46 bits per heavy atom. The largest absolute Gasteiger partial charge is 0.467 e. The van der Waals surface area contributed by atoms with E-state index >= 15 is 0 Å². The van der Waals surface area contributed by atoms with Gasteiger partial charge >= 0.3 is 0 Å². The molecule has 2 aromatic heterocycles. The van der Waals surface area contributed by atoms with Gasteiger partial charge in [0.25, 0.3) is 0 Å². The summed E-state index contributed by atoms with van der Waals surface area (Å²) in [6.45, 7) is 5.57. The molecule has 4 rings (SSSR count). The summed E-state index contributed by atoms with van der Waals surface area (Å²) in [6.07, 6.45) is 8.19. The molecule has 0 aromatic carbocycles. The number of carbonyl (C=O) groups is 1. The second-order valence-corrected chi connectivity index (χ2v) is 7.98. The first-order valence-corrected chi connectivity index (χ1v) is 9.57. The van der Waals surface area contributed by atoms with E-state index in [1.54, 1.807) is 6.26 Å². The van der Waals surface area contributed by atoms with Crippen molar-refractivity contribution in [2.75, 3.05) is 13.1 Å². The standard InChI is InChI=1S/C20H28N4O2/c1-15-16(12-23(2)22-15)13-24-9-8-20(14-24)7-3-6-18(20)19(25)21-11-17-5-4-10-26-17/h4-5,10,12,18H,3,6-9,11,13-14H2,1-2H3,(H,21,25)/t18-,20-/m1/s1. The number of aryl methyl sites for hydroxylation is 2. The highest BCUT2D eigenvalue weighted by molar-refractivity contribution is 5.80. The summed E-state index contributed by atoms with van der Waals surface area (Å²) in [5.74, 6) is 1.13. The molecule has 6 nitrogen and oxygen atoms in total. The Morgan fingerprint density at radius 3 is 3.08 bits per heavy atom. The number of amides is 1. The highest BCUT2D eigenvalue weighted by Crippen LogP contribution is 2.50. The van der Waals surface area contributed by atoms with E-state index in [0.29, 0.717) is 6.54 Å². The molecule has 1 aliphatic carbocycles. The topological polar surface area (TPSA) is 63.3 Å². The Labute approximate surface area is 154 Å². The first kappa shape index (κ1) is 17.3. The molecule has 1 spiro atoms. The van der Waals surface area contributed by atoms with Crippen LogP contribution in [0.2, 0.25) is 0 Å². The van der Waals surface area contributed by atoms with Crippen molar-refractivity contribution in [2.24, 2.45) is 18.4 Å². The molecular weight excluding hydrogens is 328 g/mol. The van der Waals surface area contributed by atoms with E-state index in [0.717, 1.165) is 56.8 Å². The molecule has 26 heavy (non-hydrogen) atoms. The van der Waals surface area contributed by atoms with Gasteiger partial charge in [0.05, 0.1) is 18.5 Å². The molecule has 2 aliphatic rings. The number of carbonyl (C=O) groups excluding carboxylic acids is 1. The molecule has 0 unspecified atom stereocenters. The fraction of sp³-hybridized carbons (Fsp3) is 0.600. The fourth-order valence-electron chi connectivity index (χ4n) is 4.91. The highest BCUT2D eigenvalue weighted by atomic mass is 16.3. The Bertz CT molecular complexity index is 767. The van der Waals surface area contributed by atoms with Gasteiger partial charge in [0.2, 0.25) is 5.91 Å². The van der Waals surface area contributed by atoms with Crippen LogP contribution in [0.15, 0.2) is 29.0 Å². The lowest BCUT2D eigenvalue weighted by Gasteiger charge is -2.30. The van der Waals surface area contributed by atoms with E-state index in [9.17, 15) is 4.79 Å². The van der Waals surface area contributed by atoms with Crippen molar-refractivity contribution in [3.05, 3.63) is 41.6 Å². The molecule has 1 N–H and O–H groups in total. The number of likely N-dealkylation sites (tertiary alicyclic amines) is 1. The first-order chi connectivity index (χ1) is 12.6. The molecular formula is C20H28N4O2. The predicted octanol–water partition coefficient (Wildman–Crippen LogP) is 2.63. The van der Waals surface area contributed by atoms with Gasteiger partial charge in [-0.15, -0.1) is 0 Å². The summed E-state index contributed by atoms with van der Waals surface area (Å²) < 4.78 is 7.22. The third-order valence-corrected chi connectivity index (χ3v) is 6.21. The quantitative estimate of drug-likeness (QED) is 0.894. The molecule has 0 radical (unpaired) electrons. The van der Waals surface area contributed by atoms with E-state index < -0.39 is 0 Å². The van der Waals surface area contributed by atoms with Crippen molar-refractivity contribution in [1.29, 1.82) is 0 Å². The molecule has 2 atom stereocenters. The van der Waals surface area contributed by atoms with Crippen LogP contribution in [0.1, 0.15) is 42.7 Å². The lowest BCUT2D eigenvalue weighted by molar-refractivity contribution is -0.128. The number of rotatable bonds is 5. The molecule has 2 fully saturated rings. The predicted molar refractivity (Wildman–Crippen MR) is 98.2 cm³/mol. The fourth-order valence-corrected chi connectivity index (χ4v) is 4.91. The van der Waals surface area contributed by atoms with Crippen molar-refractivity contribution in [3.8, 4) is 0 Å². The number of hydrogen-bond acceptors (Lipinski definition) is 4. The Morgan fingerprint density at radius 2 is 2.35 bits per heavy atom. The minimum absolute atomic E-state index is 0.123. The van der Waals surface area contributed by atoms with E-state index in [1.165, 1.54) is 5.56 Å². The van der Waals surface area contributed by atoms with Crippen LogP contribution in [0.4, 0.5) is 0 Å². The molecule has 1 saturated heterocycles. The van der Waals surface area contributed by atoms with Gasteiger partial charge in [0.15, 0.2) is 0 Å². The van der Waals surface area contributed by atoms with Gasteiger partial charge < -0.3 is 9.73 Å². The summed E-state index contributed by atoms with van der Waals surface area (Å²) in [4.78, 5) is 15.3. The van der Waals surface area contributed by atoms with Crippen molar-refractivity contribution in [3.63, 3.8) is 0 Å². The van der Waals surface area contributed by atoms with Crippen molar-refractivity contribution < 1.29 is 9.21 Å². The van der Waals surface area contributed by atoms with E-state index in [4.69, 9.17) is 4.42 Å². The molecule has 3 heterocycles. The van der Waals surface area contributed by atoms with Gasteiger partial charge in [-0.2, -0.15) is 5.10 Å². The van der Waals surface area contributed by atoms with Crippen LogP contribution in [0, 0.1) is 18.3 Å². The monoisotopic (exact) mass is 356 g/mol. The normalized spacial score (nSPS) is 26.0. The Hall–Kier alpha value is -2.08. The lowest BCUT2D eigenvalue weighted by atomic mass is 9.76. The number of hydrogen-bond donors (Lipinski definition) is 1. The third kappa shape index (κ3) is 3.30. The summed E-state index contributed by atoms with van der Waals surface area (Å²) in [5, 5.41) is 7.54. The minimum Gasteiger partial charge on any atom is -0.467 e. The smallest absolute Gasteiger partial charge is 0.224 e. The zero-order valence-corrected chi connectivity index (χ0v) is 15.7. The number of furan rings is 1. The van der Waals surface area contributed by atoms with E-state index in [1.807, 2.05) is 23.9 Å². The van der Waals surface area contributed by atoms with E-state index in [2.05, 4.69) is 28.4 Å². The van der Waals surface area contributed by atoms with Crippen LogP contribution in [0.25, 0.3) is 0 Å². The maximum Gasteiger partial charge on any atom is 0.224 e. The van der Waals surface area contributed by atoms with Crippen LogP contribution >= 0.6 is 0 Å². The molecule has 140 valence electrons. The van der Waals surface area contributed by atoms with Crippen LogP contribution in [0.3, 0.4) is 0 Å². The van der Waals surface area contributed by atoms with Crippen molar-refractivity contribution in [1.82, 2.24) is 20.0 Å². The maximum absolute atomic E-state index is 12.8. The summed E-state index contributed by atoms with van der Waals surface area (Å²) in [5.41, 5.74) is 2.54. The van der Waals surface area contributed by atoms with Gasteiger partial charge in [-0.05, 0) is 50.3 Å². The second kappa shape index (κ2) is 6.91. The van der Waals surface area contributed by atoms with Crippen molar-refractivity contribution >= 4 is 5.91 Å². The Balaban J connectivity index is 1.39. The first-order valence-electron chi connectivity index (χ1n) is 9.57. The number of nitrogens with zero attached hydrogens (tertiary/aromatic N) is 3. The molecule has 2 aromatic rings. The average molecular weight is 356 g/mol. The van der Waals surface area contributed by atoms with Crippen molar-refractivity contribution in [2.45, 2.75) is 45.7 Å². The van der Waals surface area contributed by atoms with Gasteiger partial charge in [-0.3, -0.25) is 14.4 Å². The SMILES string of the molecule is Cc1nn(C)cc1CN1CC[C@]2(CCC[C@@H]2C(=O)NCc2ccco2)C1. The van der Waals surface area contributed by atoms with Gasteiger partial charge in [-0.1, -0.05) is 6.42 Å². The summed E-state index contributed by atoms with van der Waals surface area (Å²) >= 11 is 0. The minimum atomic E-state index is 0.123.